The second kappa shape index (κ2) is 11.5. The van der Waals surface area contributed by atoms with Crippen molar-refractivity contribution >= 4 is 5.91 Å². The van der Waals surface area contributed by atoms with Gasteiger partial charge in [0.2, 0.25) is 5.91 Å². The maximum atomic E-state index is 12.5. The predicted octanol–water partition coefficient (Wildman–Crippen LogP) is 4.74. The first kappa shape index (κ1) is 24.3. The molecule has 0 unspecified atom stereocenters. The first-order valence-electron chi connectivity index (χ1n) is 13.2. The molecule has 4 rings (SSSR count). The number of rotatable bonds is 10. The number of benzene rings is 1. The third-order valence-corrected chi connectivity index (χ3v) is 7.69. The highest BCUT2D eigenvalue weighted by Crippen LogP contribution is 2.52. The summed E-state index contributed by atoms with van der Waals surface area (Å²) in [7, 11) is 0. The second-order valence-corrected chi connectivity index (χ2v) is 10.1. The number of aliphatic hydroxyl groups excluding tert-OH is 2. The van der Waals surface area contributed by atoms with Crippen molar-refractivity contribution in [2.24, 2.45) is 5.92 Å². The minimum atomic E-state index is -0.451. The molecule has 2 N–H and O–H groups in total. The van der Waals surface area contributed by atoms with E-state index in [9.17, 15) is 15.0 Å². The summed E-state index contributed by atoms with van der Waals surface area (Å²) in [5, 5.41) is 21.0. The molecule has 1 saturated carbocycles. The molecule has 0 radical (unpaired) electrons. The molecular weight excluding hydrogens is 414 g/mol. The maximum Gasteiger partial charge on any atom is 0.222 e. The van der Waals surface area contributed by atoms with Crippen molar-refractivity contribution in [1.29, 1.82) is 0 Å². The maximum absolute atomic E-state index is 12.5. The molecule has 0 bridgehead atoms. The number of ether oxygens (including phenoxy) is 1. The molecule has 33 heavy (non-hydrogen) atoms. The van der Waals surface area contributed by atoms with Crippen LogP contribution in [0.15, 0.2) is 30.4 Å². The molecule has 1 aromatic rings. The molecular formula is C28H41NO4. The van der Waals surface area contributed by atoms with Crippen LogP contribution < -0.4 is 4.74 Å². The van der Waals surface area contributed by atoms with E-state index in [1.165, 1.54) is 17.5 Å². The van der Waals surface area contributed by atoms with Gasteiger partial charge in [0.1, 0.15) is 11.9 Å². The van der Waals surface area contributed by atoms with E-state index in [2.05, 4.69) is 25.1 Å². The molecule has 0 spiro atoms. The Morgan fingerprint density at radius 1 is 1.21 bits per heavy atom. The average molecular weight is 456 g/mol. The summed E-state index contributed by atoms with van der Waals surface area (Å²) in [4.78, 5) is 14.5. The normalized spacial score (nSPS) is 27.4. The van der Waals surface area contributed by atoms with Crippen molar-refractivity contribution in [2.75, 3.05) is 13.1 Å². The number of amides is 1. The van der Waals surface area contributed by atoms with E-state index in [-0.39, 0.29) is 23.8 Å². The molecule has 1 aliphatic carbocycles. The lowest BCUT2D eigenvalue weighted by Gasteiger charge is -2.26. The van der Waals surface area contributed by atoms with Gasteiger partial charge in [0, 0.05) is 43.3 Å². The van der Waals surface area contributed by atoms with Gasteiger partial charge >= 0.3 is 0 Å². The highest BCUT2D eigenvalue weighted by Gasteiger charge is 2.48. The van der Waals surface area contributed by atoms with Gasteiger partial charge in [0.15, 0.2) is 0 Å². The van der Waals surface area contributed by atoms with Crippen LogP contribution in [0.4, 0.5) is 0 Å². The fourth-order valence-electron chi connectivity index (χ4n) is 5.85. The number of carbonyl (C=O) groups excluding carboxylic acids is 1. The Bertz CT molecular complexity index is 816. The summed E-state index contributed by atoms with van der Waals surface area (Å²) in [6, 6.07) is 6.32. The van der Waals surface area contributed by atoms with Gasteiger partial charge in [0.05, 0.1) is 12.2 Å². The van der Waals surface area contributed by atoms with Gasteiger partial charge < -0.3 is 19.8 Å². The molecule has 2 heterocycles. The minimum absolute atomic E-state index is 0.0157. The van der Waals surface area contributed by atoms with Gasteiger partial charge in [-0.15, -0.1) is 0 Å². The van der Waals surface area contributed by atoms with E-state index in [4.69, 9.17) is 4.74 Å². The zero-order valence-corrected chi connectivity index (χ0v) is 20.1. The Labute approximate surface area is 198 Å². The standard InChI is InChI=1S/C28H41NO4/c1-2-3-5-12-21(30)15-16-22-24(31)19-25-27(22)23-13-8-10-20(28(23)33-25)11-9-14-26(32)29-17-6-4-7-18-29/h8,10,13,15-16,21-22,24-25,27,30-31H,2-7,9,11-12,14,17-19H2,1H3/b16-15+/t21-,22-,24+,25-,27-/m0/s1. The lowest BCUT2D eigenvalue weighted by atomic mass is 9.86. The quantitative estimate of drug-likeness (QED) is 0.395. The summed E-state index contributed by atoms with van der Waals surface area (Å²) >= 11 is 0. The van der Waals surface area contributed by atoms with Crippen LogP contribution in [-0.4, -0.2) is 52.4 Å². The van der Waals surface area contributed by atoms with Crippen molar-refractivity contribution in [2.45, 2.75) is 102 Å². The lowest BCUT2D eigenvalue weighted by Crippen LogP contribution is -2.35. The van der Waals surface area contributed by atoms with Gasteiger partial charge in [-0.05, 0) is 44.1 Å². The highest BCUT2D eigenvalue weighted by molar-refractivity contribution is 5.76. The zero-order valence-electron chi connectivity index (χ0n) is 20.1. The second-order valence-electron chi connectivity index (χ2n) is 10.1. The number of hydrogen-bond donors (Lipinski definition) is 2. The van der Waals surface area contributed by atoms with Crippen LogP contribution >= 0.6 is 0 Å². The van der Waals surface area contributed by atoms with Crippen LogP contribution in [0.5, 0.6) is 5.75 Å². The van der Waals surface area contributed by atoms with Crippen molar-refractivity contribution in [1.82, 2.24) is 4.90 Å². The topological polar surface area (TPSA) is 70.0 Å². The van der Waals surface area contributed by atoms with Crippen molar-refractivity contribution in [3.8, 4) is 5.75 Å². The molecule has 2 aliphatic heterocycles. The smallest absolute Gasteiger partial charge is 0.222 e. The summed E-state index contributed by atoms with van der Waals surface area (Å²) < 4.78 is 6.37. The lowest BCUT2D eigenvalue weighted by molar-refractivity contribution is -0.132. The molecule has 1 amide bonds. The monoisotopic (exact) mass is 455 g/mol. The number of fused-ring (bicyclic) bond motifs is 3. The fourth-order valence-corrected chi connectivity index (χ4v) is 5.85. The van der Waals surface area contributed by atoms with Gasteiger partial charge in [-0.25, -0.2) is 0 Å². The van der Waals surface area contributed by atoms with Crippen molar-refractivity contribution in [3.05, 3.63) is 41.5 Å². The zero-order chi connectivity index (χ0) is 23.2. The van der Waals surface area contributed by atoms with Crippen LogP contribution in [0.1, 0.15) is 88.2 Å². The van der Waals surface area contributed by atoms with E-state index in [1.54, 1.807) is 0 Å². The van der Waals surface area contributed by atoms with Crippen molar-refractivity contribution < 1.29 is 19.7 Å². The number of likely N-dealkylation sites (tertiary alicyclic amines) is 1. The van der Waals surface area contributed by atoms with Crippen LogP contribution in [0.2, 0.25) is 0 Å². The van der Waals surface area contributed by atoms with Crippen LogP contribution in [0.3, 0.4) is 0 Å². The summed E-state index contributed by atoms with van der Waals surface area (Å²) in [5.41, 5.74) is 2.34. The number of carbonyl (C=O) groups is 1. The number of aryl methyl sites for hydroxylation is 1. The molecule has 2 fully saturated rings. The third-order valence-electron chi connectivity index (χ3n) is 7.69. The van der Waals surface area contributed by atoms with Gasteiger partial charge in [-0.3, -0.25) is 4.79 Å². The van der Waals surface area contributed by atoms with Crippen LogP contribution in [0.25, 0.3) is 0 Å². The number of piperidine rings is 1. The largest absolute Gasteiger partial charge is 0.489 e. The van der Waals surface area contributed by atoms with Crippen molar-refractivity contribution in [3.63, 3.8) is 0 Å². The number of hydrogen-bond acceptors (Lipinski definition) is 4. The fraction of sp³-hybridized carbons (Fsp3) is 0.679. The highest BCUT2D eigenvalue weighted by atomic mass is 16.5. The molecule has 3 aliphatic rings. The van der Waals surface area contributed by atoms with E-state index in [0.717, 1.165) is 70.2 Å². The average Bonchev–Trinajstić information content (AvgIpc) is 3.33. The molecule has 0 aromatic heterocycles. The Morgan fingerprint density at radius 2 is 2.03 bits per heavy atom. The number of nitrogens with zero attached hydrogens (tertiary/aromatic N) is 1. The third kappa shape index (κ3) is 5.81. The summed E-state index contributed by atoms with van der Waals surface area (Å²) in [5.74, 6) is 1.34. The first-order valence-corrected chi connectivity index (χ1v) is 13.2. The van der Waals surface area contributed by atoms with Gasteiger partial charge in [-0.1, -0.05) is 56.5 Å². The Kier molecular flexibility index (Phi) is 8.48. The van der Waals surface area contributed by atoms with Crippen LogP contribution in [0, 0.1) is 5.92 Å². The van der Waals surface area contributed by atoms with E-state index >= 15 is 0 Å². The molecule has 5 nitrogen and oxygen atoms in total. The Balaban J connectivity index is 1.37. The predicted molar refractivity (Wildman–Crippen MR) is 130 cm³/mol. The summed E-state index contributed by atoms with van der Waals surface area (Å²) in [6.07, 6.45) is 13.4. The molecule has 5 heteroatoms. The minimum Gasteiger partial charge on any atom is -0.489 e. The Morgan fingerprint density at radius 3 is 2.82 bits per heavy atom. The van der Waals surface area contributed by atoms with Crippen LogP contribution in [-0.2, 0) is 11.2 Å². The van der Waals surface area contributed by atoms with E-state index in [1.807, 2.05) is 17.1 Å². The first-order chi connectivity index (χ1) is 16.1. The number of para-hydroxylation sites is 1. The van der Waals surface area contributed by atoms with Gasteiger partial charge in [0.25, 0.3) is 0 Å². The molecule has 182 valence electrons. The number of aliphatic hydroxyl groups is 2. The SMILES string of the molecule is CCCCC[C@H](O)/C=C/[C@@H]1[C@H]2c3cccc(CCCC(=O)N4CCCCC4)c3O[C@H]2C[C@H]1O. The Hall–Kier alpha value is -1.85. The molecule has 5 atom stereocenters. The van der Waals surface area contributed by atoms with E-state index in [0.29, 0.717) is 12.8 Å². The molecule has 1 saturated heterocycles. The van der Waals surface area contributed by atoms with E-state index < -0.39 is 12.2 Å². The number of unbranched alkanes of at least 4 members (excludes halogenated alkanes) is 2. The summed E-state index contributed by atoms with van der Waals surface area (Å²) in [6.45, 7) is 3.99. The molecule has 1 aromatic carbocycles. The van der Waals surface area contributed by atoms with Gasteiger partial charge in [-0.2, -0.15) is 0 Å².